The molecule has 0 aromatic carbocycles. The van der Waals surface area contributed by atoms with Gasteiger partial charge < -0.3 is 14.2 Å². The van der Waals surface area contributed by atoms with Crippen LogP contribution in [0.3, 0.4) is 0 Å². The molecular weight excluding hydrogens is 673 g/mol. The van der Waals surface area contributed by atoms with Crippen molar-refractivity contribution in [2.45, 2.75) is 275 Å². The standard InChI is InChI=1S/C52H106O3/c1-13-17-19-21-23-25-35-53-51(33-27-31-45(7)39-49(11)41-47(9)37-43(5)29-15-3)55-52(54-36-26-24-22-20-18-14-2)34-28-32-46(8)40-50(12)42-48(10)38-44(6)30-16-4/h43-52H,13-42H2,1-12H3. The molecule has 3 heteroatoms. The lowest BCUT2D eigenvalue weighted by atomic mass is 9.83. The third-order valence-corrected chi connectivity index (χ3v) is 12.6. The quantitative estimate of drug-likeness (QED) is 0.0456. The average Bonchev–Trinajstić information content (AvgIpc) is 3.10. The van der Waals surface area contributed by atoms with Crippen molar-refractivity contribution in [1.82, 2.24) is 0 Å². The van der Waals surface area contributed by atoms with Crippen molar-refractivity contribution in [3.8, 4) is 0 Å². The Morgan fingerprint density at radius 3 is 0.891 bits per heavy atom. The van der Waals surface area contributed by atoms with E-state index in [1.165, 1.54) is 154 Å². The number of hydrogen-bond acceptors (Lipinski definition) is 3. The van der Waals surface area contributed by atoms with Gasteiger partial charge in [0.1, 0.15) is 0 Å². The molecular formula is C52H106O3. The molecule has 55 heavy (non-hydrogen) atoms. The summed E-state index contributed by atoms with van der Waals surface area (Å²) in [7, 11) is 0. The van der Waals surface area contributed by atoms with Crippen LogP contribution in [0, 0.1) is 47.3 Å². The first kappa shape index (κ1) is 54.9. The van der Waals surface area contributed by atoms with Gasteiger partial charge in [0.15, 0.2) is 12.6 Å². The van der Waals surface area contributed by atoms with Crippen LogP contribution in [0.25, 0.3) is 0 Å². The van der Waals surface area contributed by atoms with Crippen LogP contribution in [0.4, 0.5) is 0 Å². The molecule has 10 atom stereocenters. The van der Waals surface area contributed by atoms with Crippen molar-refractivity contribution < 1.29 is 14.2 Å². The second-order valence-corrected chi connectivity index (χ2v) is 20.0. The fraction of sp³-hybridized carbons (Fsp3) is 1.00. The molecule has 0 bridgehead atoms. The molecule has 0 fully saturated rings. The molecule has 3 nitrogen and oxygen atoms in total. The summed E-state index contributed by atoms with van der Waals surface area (Å²) in [6, 6.07) is 0. The topological polar surface area (TPSA) is 27.7 Å². The maximum absolute atomic E-state index is 6.84. The Morgan fingerprint density at radius 1 is 0.273 bits per heavy atom. The van der Waals surface area contributed by atoms with Crippen LogP contribution in [-0.4, -0.2) is 25.8 Å². The molecule has 0 aliphatic rings. The Morgan fingerprint density at radius 2 is 0.564 bits per heavy atom. The van der Waals surface area contributed by atoms with Crippen LogP contribution in [0.1, 0.15) is 263 Å². The van der Waals surface area contributed by atoms with Crippen molar-refractivity contribution in [1.29, 1.82) is 0 Å². The summed E-state index contributed by atoms with van der Waals surface area (Å²) in [5.74, 6) is 6.52. The van der Waals surface area contributed by atoms with Gasteiger partial charge in [0.2, 0.25) is 0 Å². The monoisotopic (exact) mass is 779 g/mol. The molecule has 10 unspecified atom stereocenters. The van der Waals surface area contributed by atoms with Gasteiger partial charge in [0.05, 0.1) is 0 Å². The van der Waals surface area contributed by atoms with Crippen LogP contribution in [0.5, 0.6) is 0 Å². The first-order chi connectivity index (χ1) is 26.4. The summed E-state index contributed by atoms with van der Waals surface area (Å²) >= 11 is 0. The van der Waals surface area contributed by atoms with E-state index in [4.69, 9.17) is 14.2 Å². The summed E-state index contributed by atoms with van der Waals surface area (Å²) in [6.45, 7) is 30.7. The zero-order chi connectivity index (χ0) is 41.1. The third kappa shape index (κ3) is 35.5. The summed E-state index contributed by atoms with van der Waals surface area (Å²) < 4.78 is 20.0. The Bertz CT molecular complexity index is 708. The molecule has 0 saturated carbocycles. The largest absolute Gasteiger partial charge is 0.353 e. The molecule has 0 radical (unpaired) electrons. The Hall–Kier alpha value is -0.120. The lowest BCUT2D eigenvalue weighted by Gasteiger charge is -2.27. The van der Waals surface area contributed by atoms with E-state index in [2.05, 4.69) is 83.1 Å². The number of hydrogen-bond donors (Lipinski definition) is 0. The first-order valence-corrected chi connectivity index (χ1v) is 25.3. The Balaban J connectivity index is 5.25. The fourth-order valence-corrected chi connectivity index (χ4v) is 9.97. The van der Waals surface area contributed by atoms with E-state index < -0.39 is 0 Å². The predicted molar refractivity (Wildman–Crippen MR) is 246 cm³/mol. The summed E-state index contributed by atoms with van der Waals surface area (Å²) in [4.78, 5) is 0. The summed E-state index contributed by atoms with van der Waals surface area (Å²) in [5, 5.41) is 0. The van der Waals surface area contributed by atoms with Crippen LogP contribution < -0.4 is 0 Å². The summed E-state index contributed by atoms with van der Waals surface area (Å²) in [6.07, 6.45) is 35.6. The van der Waals surface area contributed by atoms with E-state index in [0.717, 1.165) is 86.2 Å². The second kappa shape index (κ2) is 38.1. The predicted octanol–water partition coefficient (Wildman–Crippen LogP) is 17.8. The molecule has 0 heterocycles. The molecule has 0 aromatic heterocycles. The lowest BCUT2D eigenvalue weighted by molar-refractivity contribution is -0.250. The van der Waals surface area contributed by atoms with Gasteiger partial charge in [-0.05, 0) is 124 Å². The highest BCUT2D eigenvalue weighted by Crippen LogP contribution is 2.30. The van der Waals surface area contributed by atoms with E-state index in [-0.39, 0.29) is 12.6 Å². The van der Waals surface area contributed by atoms with Gasteiger partial charge >= 0.3 is 0 Å². The van der Waals surface area contributed by atoms with Gasteiger partial charge in [-0.15, -0.1) is 0 Å². The maximum Gasteiger partial charge on any atom is 0.160 e. The zero-order valence-corrected chi connectivity index (χ0v) is 40.2. The van der Waals surface area contributed by atoms with Crippen molar-refractivity contribution in [3.63, 3.8) is 0 Å². The molecule has 0 aliphatic carbocycles. The minimum absolute atomic E-state index is 0.149. The van der Waals surface area contributed by atoms with Crippen LogP contribution >= 0.6 is 0 Å². The van der Waals surface area contributed by atoms with Gasteiger partial charge in [-0.3, -0.25) is 0 Å². The Labute approximate surface area is 349 Å². The average molecular weight is 779 g/mol. The van der Waals surface area contributed by atoms with Crippen molar-refractivity contribution in [2.75, 3.05) is 13.2 Å². The second-order valence-electron chi connectivity index (χ2n) is 20.0. The van der Waals surface area contributed by atoms with Gasteiger partial charge in [0, 0.05) is 13.2 Å². The normalized spacial score (nSPS) is 17.7. The molecule has 0 rings (SSSR count). The van der Waals surface area contributed by atoms with Crippen molar-refractivity contribution >= 4 is 0 Å². The molecule has 332 valence electrons. The van der Waals surface area contributed by atoms with Crippen LogP contribution in [-0.2, 0) is 14.2 Å². The Kier molecular flexibility index (Phi) is 38.0. The van der Waals surface area contributed by atoms with Crippen LogP contribution in [0.15, 0.2) is 0 Å². The molecule has 0 saturated heterocycles. The van der Waals surface area contributed by atoms with Gasteiger partial charge in [-0.25, -0.2) is 0 Å². The molecule has 0 aromatic rings. The maximum atomic E-state index is 6.84. The lowest BCUT2D eigenvalue weighted by Crippen LogP contribution is -2.28. The zero-order valence-electron chi connectivity index (χ0n) is 40.2. The minimum atomic E-state index is -0.149. The van der Waals surface area contributed by atoms with E-state index in [1.807, 2.05) is 0 Å². The SMILES string of the molecule is CCCCCCCCOC(CCCC(C)CC(C)CC(C)CC(C)CCC)OC(CCCC(C)CC(C)CC(C)CC(C)CCC)OCCCCCCCC. The van der Waals surface area contributed by atoms with E-state index in [9.17, 15) is 0 Å². The number of ether oxygens (including phenoxy) is 3. The molecule has 0 spiro atoms. The van der Waals surface area contributed by atoms with Gasteiger partial charge in [-0.1, -0.05) is 186 Å². The third-order valence-electron chi connectivity index (χ3n) is 12.6. The highest BCUT2D eigenvalue weighted by molar-refractivity contribution is 4.69. The first-order valence-electron chi connectivity index (χ1n) is 25.3. The number of rotatable bonds is 42. The highest BCUT2D eigenvalue weighted by Gasteiger charge is 2.21. The minimum Gasteiger partial charge on any atom is -0.353 e. The van der Waals surface area contributed by atoms with Crippen LogP contribution in [0.2, 0.25) is 0 Å². The fourth-order valence-electron chi connectivity index (χ4n) is 9.97. The van der Waals surface area contributed by atoms with Gasteiger partial charge in [0.25, 0.3) is 0 Å². The van der Waals surface area contributed by atoms with E-state index in [0.29, 0.717) is 0 Å². The molecule has 0 N–H and O–H groups in total. The number of unbranched alkanes of at least 4 members (excludes halogenated alkanes) is 10. The van der Waals surface area contributed by atoms with Crippen molar-refractivity contribution in [3.05, 3.63) is 0 Å². The van der Waals surface area contributed by atoms with Crippen molar-refractivity contribution in [2.24, 2.45) is 47.3 Å². The van der Waals surface area contributed by atoms with E-state index >= 15 is 0 Å². The molecule has 0 aliphatic heterocycles. The van der Waals surface area contributed by atoms with E-state index in [1.54, 1.807) is 0 Å². The highest BCUT2D eigenvalue weighted by atomic mass is 16.8. The molecule has 0 amide bonds. The van der Waals surface area contributed by atoms with Gasteiger partial charge in [-0.2, -0.15) is 0 Å². The smallest absolute Gasteiger partial charge is 0.160 e. The summed E-state index contributed by atoms with van der Waals surface area (Å²) in [5.41, 5.74) is 0.